The summed E-state index contributed by atoms with van der Waals surface area (Å²) < 4.78 is 1.27. The summed E-state index contributed by atoms with van der Waals surface area (Å²) in [6, 6.07) is 8.31. The molecule has 1 heterocycles. The van der Waals surface area contributed by atoms with Gasteiger partial charge in [-0.2, -0.15) is 0 Å². The standard InChI is InChI=1S/C16H22ClNS/c1-2-3-4-5-6-9-13(17)12-16-18-14-10-7-8-11-15(14)19-16/h7-8,10-11,13H,2-6,9,12H2,1H3. The van der Waals surface area contributed by atoms with Crippen LogP contribution < -0.4 is 0 Å². The molecule has 19 heavy (non-hydrogen) atoms. The van der Waals surface area contributed by atoms with Crippen LogP contribution in [0, 0.1) is 0 Å². The predicted octanol–water partition coefficient (Wildman–Crippen LogP) is 5.81. The van der Waals surface area contributed by atoms with Crippen molar-refractivity contribution in [1.82, 2.24) is 4.98 Å². The Labute approximate surface area is 125 Å². The summed E-state index contributed by atoms with van der Waals surface area (Å²) in [5.74, 6) is 0. The van der Waals surface area contributed by atoms with Crippen molar-refractivity contribution >= 4 is 33.2 Å². The Morgan fingerprint density at radius 1 is 1.16 bits per heavy atom. The number of rotatable bonds is 8. The summed E-state index contributed by atoms with van der Waals surface area (Å²) in [7, 11) is 0. The van der Waals surface area contributed by atoms with Crippen LogP contribution in [-0.2, 0) is 6.42 Å². The molecule has 3 heteroatoms. The molecule has 0 bridgehead atoms. The quantitative estimate of drug-likeness (QED) is 0.442. The number of unbranched alkanes of at least 4 members (excludes halogenated alkanes) is 4. The van der Waals surface area contributed by atoms with Crippen LogP contribution in [0.5, 0.6) is 0 Å². The summed E-state index contributed by atoms with van der Waals surface area (Å²) in [6.07, 6.45) is 8.59. The Morgan fingerprint density at radius 2 is 1.95 bits per heavy atom. The van der Waals surface area contributed by atoms with E-state index in [-0.39, 0.29) is 5.38 Å². The maximum absolute atomic E-state index is 6.42. The molecule has 0 amide bonds. The Balaban J connectivity index is 1.76. The molecule has 2 aromatic rings. The highest BCUT2D eigenvalue weighted by Crippen LogP contribution is 2.24. The number of aromatic nitrogens is 1. The number of thiazole rings is 1. The van der Waals surface area contributed by atoms with E-state index in [1.165, 1.54) is 41.8 Å². The van der Waals surface area contributed by atoms with Crippen LogP contribution in [0.3, 0.4) is 0 Å². The minimum Gasteiger partial charge on any atom is -0.241 e. The normalized spacial score (nSPS) is 12.9. The molecule has 1 aromatic heterocycles. The summed E-state index contributed by atoms with van der Waals surface area (Å²) in [5, 5.41) is 1.41. The van der Waals surface area contributed by atoms with Gasteiger partial charge >= 0.3 is 0 Å². The number of benzene rings is 1. The van der Waals surface area contributed by atoms with Crippen molar-refractivity contribution in [3.8, 4) is 0 Å². The summed E-state index contributed by atoms with van der Waals surface area (Å²) in [6.45, 7) is 2.25. The van der Waals surface area contributed by atoms with E-state index in [1.54, 1.807) is 11.3 Å². The molecule has 104 valence electrons. The van der Waals surface area contributed by atoms with E-state index in [1.807, 2.05) is 6.07 Å². The molecule has 0 aliphatic rings. The van der Waals surface area contributed by atoms with Gasteiger partial charge in [-0.25, -0.2) is 4.98 Å². The van der Waals surface area contributed by atoms with E-state index in [4.69, 9.17) is 11.6 Å². The molecule has 0 saturated carbocycles. The van der Waals surface area contributed by atoms with E-state index in [0.717, 1.165) is 18.4 Å². The topological polar surface area (TPSA) is 12.9 Å². The van der Waals surface area contributed by atoms with Crippen molar-refractivity contribution in [3.63, 3.8) is 0 Å². The van der Waals surface area contributed by atoms with Crippen molar-refractivity contribution in [2.45, 2.75) is 57.2 Å². The van der Waals surface area contributed by atoms with Gasteiger partial charge in [0, 0.05) is 11.8 Å². The van der Waals surface area contributed by atoms with Gasteiger partial charge < -0.3 is 0 Å². The zero-order valence-electron chi connectivity index (χ0n) is 11.6. The zero-order valence-corrected chi connectivity index (χ0v) is 13.1. The monoisotopic (exact) mass is 295 g/mol. The molecular formula is C16H22ClNS. The van der Waals surface area contributed by atoms with Crippen molar-refractivity contribution < 1.29 is 0 Å². The van der Waals surface area contributed by atoms with Crippen LogP contribution >= 0.6 is 22.9 Å². The third-order valence-electron chi connectivity index (χ3n) is 3.36. The first kappa shape index (κ1) is 14.8. The van der Waals surface area contributed by atoms with Gasteiger partial charge in [0.1, 0.15) is 0 Å². The Morgan fingerprint density at radius 3 is 2.74 bits per heavy atom. The predicted molar refractivity (Wildman–Crippen MR) is 86.3 cm³/mol. The molecule has 1 aromatic carbocycles. The van der Waals surface area contributed by atoms with Crippen molar-refractivity contribution in [2.24, 2.45) is 0 Å². The third-order valence-corrected chi connectivity index (χ3v) is 4.79. The summed E-state index contributed by atoms with van der Waals surface area (Å²) in [4.78, 5) is 4.64. The van der Waals surface area contributed by atoms with Crippen molar-refractivity contribution in [2.75, 3.05) is 0 Å². The lowest BCUT2D eigenvalue weighted by Gasteiger charge is -2.06. The average Bonchev–Trinajstić information content (AvgIpc) is 2.80. The molecule has 1 nitrogen and oxygen atoms in total. The molecule has 0 spiro atoms. The fourth-order valence-electron chi connectivity index (χ4n) is 2.27. The van der Waals surface area contributed by atoms with Gasteiger partial charge in [-0.05, 0) is 18.6 Å². The lowest BCUT2D eigenvalue weighted by atomic mass is 10.1. The number of alkyl halides is 1. The lowest BCUT2D eigenvalue weighted by molar-refractivity contribution is 0.592. The number of hydrogen-bond acceptors (Lipinski definition) is 2. The van der Waals surface area contributed by atoms with E-state index >= 15 is 0 Å². The molecule has 1 unspecified atom stereocenters. The fourth-order valence-corrected chi connectivity index (χ4v) is 3.71. The first-order valence-corrected chi connectivity index (χ1v) is 8.53. The van der Waals surface area contributed by atoms with Crippen LogP contribution in [0.15, 0.2) is 24.3 Å². The van der Waals surface area contributed by atoms with Gasteiger partial charge in [-0.3, -0.25) is 0 Å². The molecule has 0 aliphatic heterocycles. The number of nitrogens with zero attached hydrogens (tertiary/aromatic N) is 1. The highest BCUT2D eigenvalue weighted by atomic mass is 35.5. The third kappa shape index (κ3) is 4.77. The second-order valence-corrected chi connectivity index (χ2v) is 6.81. The van der Waals surface area contributed by atoms with Crippen LogP contribution in [-0.4, -0.2) is 10.4 Å². The minimum absolute atomic E-state index is 0.238. The molecule has 0 fully saturated rings. The van der Waals surface area contributed by atoms with E-state index < -0.39 is 0 Å². The Bertz CT molecular complexity index is 461. The average molecular weight is 296 g/mol. The Hall–Kier alpha value is -0.600. The lowest BCUT2D eigenvalue weighted by Crippen LogP contribution is -2.02. The maximum Gasteiger partial charge on any atom is 0.0953 e. The smallest absolute Gasteiger partial charge is 0.0953 e. The molecule has 0 saturated heterocycles. The minimum atomic E-state index is 0.238. The SMILES string of the molecule is CCCCCCCC(Cl)Cc1nc2ccccc2s1. The number of halogens is 1. The van der Waals surface area contributed by atoms with Crippen LogP contribution in [0.2, 0.25) is 0 Å². The van der Waals surface area contributed by atoms with Crippen LogP contribution in [0.25, 0.3) is 10.2 Å². The van der Waals surface area contributed by atoms with E-state index in [0.29, 0.717) is 0 Å². The molecule has 0 aliphatic carbocycles. The highest BCUT2D eigenvalue weighted by Gasteiger charge is 2.10. The van der Waals surface area contributed by atoms with Gasteiger partial charge in [0.15, 0.2) is 0 Å². The summed E-state index contributed by atoms with van der Waals surface area (Å²) in [5.41, 5.74) is 1.11. The van der Waals surface area contributed by atoms with Crippen LogP contribution in [0.1, 0.15) is 50.5 Å². The summed E-state index contributed by atoms with van der Waals surface area (Å²) >= 11 is 8.20. The van der Waals surface area contributed by atoms with Crippen molar-refractivity contribution in [1.29, 1.82) is 0 Å². The van der Waals surface area contributed by atoms with Gasteiger partial charge in [0.25, 0.3) is 0 Å². The maximum atomic E-state index is 6.42. The molecular weight excluding hydrogens is 274 g/mol. The largest absolute Gasteiger partial charge is 0.241 e. The van der Waals surface area contributed by atoms with Crippen LogP contribution in [0.4, 0.5) is 0 Å². The fraction of sp³-hybridized carbons (Fsp3) is 0.562. The second kappa shape index (κ2) is 7.86. The number of para-hydroxylation sites is 1. The van der Waals surface area contributed by atoms with Gasteiger partial charge in [0.05, 0.1) is 15.2 Å². The molecule has 0 radical (unpaired) electrons. The number of hydrogen-bond donors (Lipinski definition) is 0. The van der Waals surface area contributed by atoms with Gasteiger partial charge in [0.2, 0.25) is 0 Å². The molecule has 1 atom stereocenters. The zero-order chi connectivity index (χ0) is 13.5. The van der Waals surface area contributed by atoms with Gasteiger partial charge in [-0.15, -0.1) is 22.9 Å². The molecule has 0 N–H and O–H groups in total. The van der Waals surface area contributed by atoms with E-state index in [9.17, 15) is 0 Å². The first-order valence-electron chi connectivity index (χ1n) is 7.28. The second-order valence-electron chi connectivity index (χ2n) is 5.08. The van der Waals surface area contributed by atoms with E-state index in [2.05, 4.69) is 30.1 Å². The van der Waals surface area contributed by atoms with Gasteiger partial charge in [-0.1, -0.05) is 51.2 Å². The van der Waals surface area contributed by atoms with Crippen molar-refractivity contribution in [3.05, 3.63) is 29.3 Å². The first-order chi connectivity index (χ1) is 9.29. The molecule has 2 rings (SSSR count). The highest BCUT2D eigenvalue weighted by molar-refractivity contribution is 7.18. The number of fused-ring (bicyclic) bond motifs is 1. The Kier molecular flexibility index (Phi) is 6.12.